The largest absolute Gasteiger partial charge is 0.331 e. The maximum atomic E-state index is 11.7. The molecule has 106 valence electrons. The number of urea groups is 1. The van der Waals surface area contributed by atoms with Gasteiger partial charge in [0.2, 0.25) is 5.91 Å². The Hall–Kier alpha value is -2.91. The van der Waals surface area contributed by atoms with Crippen molar-refractivity contribution in [2.45, 2.75) is 6.54 Å². The first-order chi connectivity index (χ1) is 9.54. The number of nitrogens with one attached hydrogen (secondary N) is 3. The quantitative estimate of drug-likeness (QED) is 0.711. The highest BCUT2D eigenvalue weighted by molar-refractivity contribution is 5.90. The molecule has 2 heterocycles. The summed E-state index contributed by atoms with van der Waals surface area (Å²) in [6.45, 7) is -0.0665. The van der Waals surface area contributed by atoms with Crippen LogP contribution in [-0.2, 0) is 11.3 Å². The Morgan fingerprint density at radius 1 is 1.35 bits per heavy atom. The van der Waals surface area contributed by atoms with Gasteiger partial charge in [0.25, 0.3) is 0 Å². The number of hydrogen-bond acceptors (Lipinski definition) is 5. The summed E-state index contributed by atoms with van der Waals surface area (Å²) in [7, 11) is 3.22. The molecule has 0 atom stereocenters. The van der Waals surface area contributed by atoms with Crippen molar-refractivity contribution in [2.75, 3.05) is 24.7 Å². The summed E-state index contributed by atoms with van der Waals surface area (Å²) in [5.41, 5.74) is 0.559. The summed E-state index contributed by atoms with van der Waals surface area (Å²) in [6, 6.07) is -0.320. The van der Waals surface area contributed by atoms with Crippen molar-refractivity contribution in [2.24, 2.45) is 0 Å². The topological polar surface area (TPSA) is 121 Å². The highest BCUT2D eigenvalue weighted by Gasteiger charge is 2.10. The van der Waals surface area contributed by atoms with Crippen LogP contribution in [0.15, 0.2) is 18.6 Å². The summed E-state index contributed by atoms with van der Waals surface area (Å²) in [4.78, 5) is 25.6. The second-order valence-corrected chi connectivity index (χ2v) is 4.12. The molecule has 0 aliphatic rings. The van der Waals surface area contributed by atoms with Crippen LogP contribution in [0.4, 0.5) is 16.3 Å². The Bertz CT molecular complexity index is 588. The average molecular weight is 278 g/mol. The number of anilines is 2. The number of carbonyl (C=O) groups is 2. The van der Waals surface area contributed by atoms with Gasteiger partial charge in [0.15, 0.2) is 5.82 Å². The SMILES string of the molecule is CN(C)C(=O)Nc1cnn(CC(=O)Nc2cn[nH]c2)n1. The van der Waals surface area contributed by atoms with Crippen molar-refractivity contribution < 1.29 is 9.59 Å². The van der Waals surface area contributed by atoms with E-state index in [2.05, 4.69) is 31.0 Å². The number of carbonyl (C=O) groups excluding carboxylic acids is 2. The Labute approximate surface area is 114 Å². The van der Waals surface area contributed by atoms with Gasteiger partial charge in [-0.15, -0.1) is 5.10 Å². The molecule has 0 aliphatic carbocycles. The Kier molecular flexibility index (Phi) is 3.93. The molecule has 0 saturated carbocycles. The van der Waals surface area contributed by atoms with Gasteiger partial charge in [0.05, 0.1) is 18.1 Å². The van der Waals surface area contributed by atoms with Crippen LogP contribution in [0.2, 0.25) is 0 Å². The molecule has 3 N–H and O–H groups in total. The fourth-order valence-corrected chi connectivity index (χ4v) is 1.30. The molecule has 10 nitrogen and oxygen atoms in total. The molecule has 3 amide bonds. The molecule has 2 aromatic heterocycles. The number of amides is 3. The second-order valence-electron chi connectivity index (χ2n) is 4.12. The minimum atomic E-state index is -0.320. The van der Waals surface area contributed by atoms with E-state index in [0.29, 0.717) is 5.69 Å². The Morgan fingerprint density at radius 3 is 2.80 bits per heavy atom. The normalized spacial score (nSPS) is 10.1. The molecule has 0 fully saturated rings. The van der Waals surface area contributed by atoms with Crippen molar-refractivity contribution in [3.63, 3.8) is 0 Å². The number of aromatic nitrogens is 5. The zero-order valence-corrected chi connectivity index (χ0v) is 11.0. The molecule has 20 heavy (non-hydrogen) atoms. The maximum Gasteiger partial charge on any atom is 0.322 e. The fourth-order valence-electron chi connectivity index (χ4n) is 1.30. The Morgan fingerprint density at radius 2 is 2.15 bits per heavy atom. The predicted octanol–water partition coefficient (Wildman–Crippen LogP) is -0.267. The number of aromatic amines is 1. The zero-order chi connectivity index (χ0) is 14.5. The lowest BCUT2D eigenvalue weighted by Gasteiger charge is -2.09. The van der Waals surface area contributed by atoms with E-state index in [0.717, 1.165) is 0 Å². The minimum absolute atomic E-state index is 0.0665. The van der Waals surface area contributed by atoms with Crippen molar-refractivity contribution in [3.8, 4) is 0 Å². The van der Waals surface area contributed by atoms with Crippen molar-refractivity contribution in [3.05, 3.63) is 18.6 Å². The van der Waals surface area contributed by atoms with Gasteiger partial charge >= 0.3 is 6.03 Å². The molecule has 0 aromatic carbocycles. The minimum Gasteiger partial charge on any atom is -0.331 e. The van der Waals surface area contributed by atoms with E-state index in [-0.39, 0.29) is 24.3 Å². The molecule has 10 heteroatoms. The summed E-state index contributed by atoms with van der Waals surface area (Å²) in [6.07, 6.45) is 4.40. The molecule has 0 radical (unpaired) electrons. The van der Waals surface area contributed by atoms with Gasteiger partial charge in [-0.3, -0.25) is 15.2 Å². The summed E-state index contributed by atoms with van der Waals surface area (Å²) in [5.74, 6) is -0.0210. The lowest BCUT2D eigenvalue weighted by Crippen LogP contribution is -2.27. The van der Waals surface area contributed by atoms with Crippen LogP contribution in [0.3, 0.4) is 0 Å². The average Bonchev–Trinajstić information content (AvgIpc) is 3.01. The first kappa shape index (κ1) is 13.5. The Balaban J connectivity index is 1.89. The first-order valence-electron chi connectivity index (χ1n) is 5.71. The van der Waals surface area contributed by atoms with E-state index in [1.165, 1.54) is 22.1 Å². The third kappa shape index (κ3) is 3.54. The van der Waals surface area contributed by atoms with Gasteiger partial charge in [-0.05, 0) is 0 Å². The van der Waals surface area contributed by atoms with Gasteiger partial charge in [0, 0.05) is 20.3 Å². The number of H-pyrrole nitrogens is 1. The van der Waals surface area contributed by atoms with Gasteiger partial charge in [-0.1, -0.05) is 0 Å². The lowest BCUT2D eigenvalue weighted by atomic mass is 10.5. The van der Waals surface area contributed by atoms with Gasteiger partial charge in [-0.25, -0.2) is 4.79 Å². The van der Waals surface area contributed by atoms with Crippen molar-refractivity contribution in [1.82, 2.24) is 30.1 Å². The lowest BCUT2D eigenvalue weighted by molar-refractivity contribution is -0.117. The van der Waals surface area contributed by atoms with Crippen LogP contribution in [0.1, 0.15) is 0 Å². The molecule has 0 spiro atoms. The second kappa shape index (κ2) is 5.82. The van der Waals surface area contributed by atoms with Crippen LogP contribution in [-0.4, -0.2) is 56.1 Å². The third-order valence-corrected chi connectivity index (χ3v) is 2.24. The van der Waals surface area contributed by atoms with E-state index >= 15 is 0 Å². The van der Waals surface area contributed by atoms with E-state index in [1.54, 1.807) is 20.3 Å². The molecule has 2 rings (SSSR count). The van der Waals surface area contributed by atoms with Crippen LogP contribution in [0.25, 0.3) is 0 Å². The standard InChI is InChI=1S/C10H14N8O2/c1-17(2)10(20)15-8-5-13-18(16-8)6-9(19)14-7-3-11-12-4-7/h3-5H,6H2,1-2H3,(H,11,12)(H,14,19)(H,15,16,20). The summed E-state index contributed by atoms with van der Waals surface area (Å²) in [5, 5.41) is 19.3. The van der Waals surface area contributed by atoms with E-state index in [1.807, 2.05) is 0 Å². The molecular formula is C10H14N8O2. The monoisotopic (exact) mass is 278 g/mol. The highest BCUT2D eigenvalue weighted by Crippen LogP contribution is 2.03. The van der Waals surface area contributed by atoms with E-state index in [4.69, 9.17) is 0 Å². The van der Waals surface area contributed by atoms with Crippen LogP contribution in [0.5, 0.6) is 0 Å². The summed E-state index contributed by atoms with van der Waals surface area (Å²) < 4.78 is 0. The first-order valence-corrected chi connectivity index (χ1v) is 5.71. The van der Waals surface area contributed by atoms with E-state index in [9.17, 15) is 9.59 Å². The molecule has 0 saturated heterocycles. The number of hydrogen-bond donors (Lipinski definition) is 3. The highest BCUT2D eigenvalue weighted by atomic mass is 16.2. The van der Waals surface area contributed by atoms with E-state index < -0.39 is 0 Å². The van der Waals surface area contributed by atoms with Crippen LogP contribution < -0.4 is 10.6 Å². The van der Waals surface area contributed by atoms with Gasteiger partial charge in [-0.2, -0.15) is 15.0 Å². The molecule has 0 bridgehead atoms. The zero-order valence-electron chi connectivity index (χ0n) is 11.0. The van der Waals surface area contributed by atoms with Crippen molar-refractivity contribution >= 4 is 23.4 Å². The van der Waals surface area contributed by atoms with Gasteiger partial charge < -0.3 is 10.2 Å². The molecular weight excluding hydrogens is 264 g/mol. The molecule has 0 aliphatic heterocycles. The fraction of sp³-hybridized carbons (Fsp3) is 0.300. The number of rotatable bonds is 4. The maximum absolute atomic E-state index is 11.7. The van der Waals surface area contributed by atoms with Crippen LogP contribution in [0, 0.1) is 0 Å². The third-order valence-electron chi connectivity index (χ3n) is 2.24. The molecule has 0 unspecified atom stereocenters. The van der Waals surface area contributed by atoms with Gasteiger partial charge in [0.1, 0.15) is 6.54 Å². The number of nitrogens with zero attached hydrogens (tertiary/aromatic N) is 5. The predicted molar refractivity (Wildman–Crippen MR) is 69.9 cm³/mol. The summed E-state index contributed by atoms with van der Waals surface area (Å²) >= 11 is 0. The van der Waals surface area contributed by atoms with Crippen LogP contribution >= 0.6 is 0 Å². The van der Waals surface area contributed by atoms with Crippen molar-refractivity contribution in [1.29, 1.82) is 0 Å². The smallest absolute Gasteiger partial charge is 0.322 e. The molecule has 2 aromatic rings.